The van der Waals surface area contributed by atoms with E-state index in [1.807, 2.05) is 4.90 Å². The van der Waals surface area contributed by atoms with E-state index in [1.54, 1.807) is 17.0 Å². The monoisotopic (exact) mass is 489 g/mol. The molecule has 0 bridgehead atoms. The standard InChI is InChI=1S/C24H28FN3O5S/c1-17-15-20(25)6-9-22(17)34(31,32)26-21-7-4-18(5-8-21)23(29)28-10-2-3-19(16-28)24(30)27-11-13-33-14-12-27/h4-9,15,19,26H,2-3,10-14,16H2,1H3/t19-/m1/s1. The van der Waals surface area contributed by atoms with Crippen LogP contribution in [-0.4, -0.2) is 69.4 Å². The normalized spacial score (nSPS) is 19.1. The molecule has 0 unspecified atom stereocenters. The Bertz CT molecular complexity index is 1160. The second-order valence-corrected chi connectivity index (χ2v) is 10.3. The number of piperidine rings is 1. The molecule has 2 aromatic rings. The van der Waals surface area contributed by atoms with Gasteiger partial charge in [-0.3, -0.25) is 14.3 Å². The summed E-state index contributed by atoms with van der Waals surface area (Å²) in [7, 11) is -3.90. The quantitative estimate of drug-likeness (QED) is 0.697. The van der Waals surface area contributed by atoms with Crippen LogP contribution in [0.15, 0.2) is 47.4 Å². The van der Waals surface area contributed by atoms with Gasteiger partial charge in [0.1, 0.15) is 5.82 Å². The van der Waals surface area contributed by atoms with Crippen LogP contribution in [0.3, 0.4) is 0 Å². The third-order valence-corrected chi connectivity index (χ3v) is 7.73. The van der Waals surface area contributed by atoms with E-state index in [9.17, 15) is 22.4 Å². The summed E-state index contributed by atoms with van der Waals surface area (Å²) in [6.07, 6.45) is 1.50. The van der Waals surface area contributed by atoms with E-state index >= 15 is 0 Å². The van der Waals surface area contributed by atoms with Crippen LogP contribution in [0.4, 0.5) is 10.1 Å². The van der Waals surface area contributed by atoms with Gasteiger partial charge < -0.3 is 14.5 Å². The van der Waals surface area contributed by atoms with Gasteiger partial charge in [-0.05, 0) is 67.8 Å². The Hall–Kier alpha value is -2.98. The molecule has 0 spiro atoms. The molecule has 0 aliphatic carbocycles. The highest BCUT2D eigenvalue weighted by molar-refractivity contribution is 7.92. The average molecular weight is 490 g/mol. The van der Waals surface area contributed by atoms with Gasteiger partial charge in [-0.25, -0.2) is 12.8 Å². The number of benzene rings is 2. The van der Waals surface area contributed by atoms with Crippen molar-refractivity contribution in [1.82, 2.24) is 9.80 Å². The van der Waals surface area contributed by atoms with Crippen molar-refractivity contribution >= 4 is 27.5 Å². The molecule has 0 saturated carbocycles. The minimum Gasteiger partial charge on any atom is -0.378 e. The number of carbonyl (C=O) groups is 2. The van der Waals surface area contributed by atoms with E-state index in [1.165, 1.54) is 25.1 Å². The van der Waals surface area contributed by atoms with E-state index in [0.717, 1.165) is 25.0 Å². The zero-order valence-corrected chi connectivity index (χ0v) is 19.8. The second kappa shape index (κ2) is 10.1. The lowest BCUT2D eigenvalue weighted by Gasteiger charge is -2.36. The van der Waals surface area contributed by atoms with Crippen molar-refractivity contribution < 1.29 is 27.1 Å². The molecular formula is C24H28FN3O5S. The first kappa shape index (κ1) is 24.2. The number of nitrogens with one attached hydrogen (secondary N) is 1. The fourth-order valence-corrected chi connectivity index (χ4v) is 5.68. The molecule has 1 N–H and O–H groups in total. The van der Waals surface area contributed by atoms with Crippen LogP contribution < -0.4 is 4.72 Å². The summed E-state index contributed by atoms with van der Waals surface area (Å²) in [6, 6.07) is 9.63. The van der Waals surface area contributed by atoms with Gasteiger partial charge in [-0.2, -0.15) is 0 Å². The number of sulfonamides is 1. The molecule has 10 heteroatoms. The van der Waals surface area contributed by atoms with Crippen molar-refractivity contribution in [3.63, 3.8) is 0 Å². The van der Waals surface area contributed by atoms with Crippen molar-refractivity contribution in [3.8, 4) is 0 Å². The highest BCUT2D eigenvalue weighted by Gasteiger charge is 2.32. The predicted molar refractivity (Wildman–Crippen MR) is 124 cm³/mol. The lowest BCUT2D eigenvalue weighted by atomic mass is 9.95. The number of hydrogen-bond donors (Lipinski definition) is 1. The Kier molecular flexibility index (Phi) is 7.18. The van der Waals surface area contributed by atoms with Crippen molar-refractivity contribution in [2.24, 2.45) is 5.92 Å². The Morgan fingerprint density at radius 3 is 2.41 bits per heavy atom. The molecule has 2 aliphatic heterocycles. The van der Waals surface area contributed by atoms with Gasteiger partial charge in [0.15, 0.2) is 0 Å². The van der Waals surface area contributed by atoms with Crippen LogP contribution >= 0.6 is 0 Å². The second-order valence-electron chi connectivity index (χ2n) is 8.62. The van der Waals surface area contributed by atoms with Crippen molar-refractivity contribution in [2.45, 2.75) is 24.7 Å². The largest absolute Gasteiger partial charge is 0.378 e. The van der Waals surface area contributed by atoms with Crippen molar-refractivity contribution in [3.05, 3.63) is 59.4 Å². The number of likely N-dealkylation sites (tertiary alicyclic amines) is 1. The predicted octanol–water partition coefficient (Wildman–Crippen LogP) is 2.65. The molecule has 2 fully saturated rings. The Balaban J connectivity index is 1.41. The van der Waals surface area contributed by atoms with Crippen LogP contribution in [0.25, 0.3) is 0 Å². The first-order chi connectivity index (χ1) is 16.2. The van der Waals surface area contributed by atoms with E-state index < -0.39 is 15.8 Å². The highest BCUT2D eigenvalue weighted by Crippen LogP contribution is 2.23. The molecule has 4 rings (SSSR count). The summed E-state index contributed by atoms with van der Waals surface area (Å²) in [4.78, 5) is 29.4. The molecule has 8 nitrogen and oxygen atoms in total. The zero-order chi connectivity index (χ0) is 24.3. The first-order valence-corrected chi connectivity index (χ1v) is 12.8. The topological polar surface area (TPSA) is 96.0 Å². The summed E-state index contributed by atoms with van der Waals surface area (Å²) < 4.78 is 46.5. The molecule has 34 heavy (non-hydrogen) atoms. The molecule has 2 aromatic carbocycles. The number of aryl methyl sites for hydroxylation is 1. The molecule has 0 aromatic heterocycles. The lowest BCUT2D eigenvalue weighted by Crippen LogP contribution is -2.49. The SMILES string of the molecule is Cc1cc(F)ccc1S(=O)(=O)Nc1ccc(C(=O)N2CCC[C@@H](C(=O)N3CCOCC3)C2)cc1. The van der Waals surface area contributed by atoms with Crippen LogP contribution in [0.1, 0.15) is 28.8 Å². The lowest BCUT2D eigenvalue weighted by molar-refractivity contribution is -0.141. The van der Waals surface area contributed by atoms with Crippen LogP contribution in [-0.2, 0) is 19.6 Å². The molecule has 182 valence electrons. The summed E-state index contributed by atoms with van der Waals surface area (Å²) in [5.41, 5.74) is 1.00. The number of amides is 2. The summed E-state index contributed by atoms with van der Waals surface area (Å²) in [5.74, 6) is -0.850. The first-order valence-electron chi connectivity index (χ1n) is 11.3. The number of nitrogens with zero attached hydrogens (tertiary/aromatic N) is 2. The molecule has 1 atom stereocenters. The minimum atomic E-state index is -3.90. The minimum absolute atomic E-state index is 0.0154. The Morgan fingerprint density at radius 1 is 1.03 bits per heavy atom. The molecule has 2 amide bonds. The number of carbonyl (C=O) groups excluding carboxylic acids is 2. The number of rotatable bonds is 5. The summed E-state index contributed by atoms with van der Waals surface area (Å²) in [5, 5.41) is 0. The smallest absolute Gasteiger partial charge is 0.262 e. The summed E-state index contributed by atoms with van der Waals surface area (Å²) in [6.45, 7) is 4.71. The van der Waals surface area contributed by atoms with Crippen molar-refractivity contribution in [1.29, 1.82) is 0 Å². The third kappa shape index (κ3) is 5.39. The van der Waals surface area contributed by atoms with E-state index in [4.69, 9.17) is 4.74 Å². The van der Waals surface area contributed by atoms with Gasteiger partial charge >= 0.3 is 0 Å². The van der Waals surface area contributed by atoms with Gasteiger partial charge in [-0.15, -0.1) is 0 Å². The highest BCUT2D eigenvalue weighted by atomic mass is 32.2. The molecule has 2 aliphatic rings. The third-order valence-electron chi connectivity index (χ3n) is 6.19. The Morgan fingerprint density at radius 2 is 1.74 bits per heavy atom. The van der Waals surface area contributed by atoms with Crippen LogP contribution in [0.2, 0.25) is 0 Å². The number of hydrogen-bond acceptors (Lipinski definition) is 5. The number of anilines is 1. The maximum absolute atomic E-state index is 13.3. The van der Waals surface area contributed by atoms with E-state index in [0.29, 0.717) is 56.2 Å². The van der Waals surface area contributed by atoms with Gasteiger partial charge in [0, 0.05) is 37.4 Å². The summed E-state index contributed by atoms with van der Waals surface area (Å²) >= 11 is 0. The molecule has 0 radical (unpaired) electrons. The Labute approximate surface area is 198 Å². The van der Waals surface area contributed by atoms with Gasteiger partial charge in [0.05, 0.1) is 24.0 Å². The molecule has 2 heterocycles. The molecular weight excluding hydrogens is 461 g/mol. The van der Waals surface area contributed by atoms with Gasteiger partial charge in [0.25, 0.3) is 15.9 Å². The van der Waals surface area contributed by atoms with Crippen LogP contribution in [0, 0.1) is 18.7 Å². The maximum Gasteiger partial charge on any atom is 0.262 e. The fourth-order valence-electron chi connectivity index (χ4n) is 4.39. The van der Waals surface area contributed by atoms with Crippen LogP contribution in [0.5, 0.6) is 0 Å². The number of halogens is 1. The molecule has 2 saturated heterocycles. The van der Waals surface area contributed by atoms with E-state index in [2.05, 4.69) is 4.72 Å². The van der Waals surface area contributed by atoms with Gasteiger partial charge in [0.2, 0.25) is 5.91 Å². The fraction of sp³-hybridized carbons (Fsp3) is 0.417. The maximum atomic E-state index is 13.3. The number of morpholine rings is 1. The van der Waals surface area contributed by atoms with Gasteiger partial charge in [-0.1, -0.05) is 0 Å². The average Bonchev–Trinajstić information content (AvgIpc) is 2.84. The van der Waals surface area contributed by atoms with E-state index in [-0.39, 0.29) is 22.6 Å². The zero-order valence-electron chi connectivity index (χ0n) is 19.0. The number of ether oxygens (including phenoxy) is 1. The van der Waals surface area contributed by atoms with Crippen molar-refractivity contribution in [2.75, 3.05) is 44.1 Å².